The highest BCUT2D eigenvalue weighted by Gasteiger charge is 2.27. The maximum absolute atomic E-state index is 12.9. The first-order valence-electron chi connectivity index (χ1n) is 8.91. The van der Waals surface area contributed by atoms with E-state index in [2.05, 4.69) is 4.74 Å². The molecule has 28 heavy (non-hydrogen) atoms. The lowest BCUT2D eigenvalue weighted by Crippen LogP contribution is -2.30. The summed E-state index contributed by atoms with van der Waals surface area (Å²) in [4.78, 5) is 14.6. The summed E-state index contributed by atoms with van der Waals surface area (Å²) in [5.41, 5.74) is 1.84. The molecule has 3 nitrogen and oxygen atoms in total. The predicted octanol–water partition coefficient (Wildman–Crippen LogP) is 5.59. The maximum Gasteiger partial charge on any atom is 0.411 e. The highest BCUT2D eigenvalue weighted by atomic mass is 19.4. The molecule has 0 saturated carbocycles. The number of fused-ring (bicyclic) bond motifs is 1. The molecule has 0 aliphatic heterocycles. The number of carbonyl (C=O) groups is 1. The lowest BCUT2D eigenvalue weighted by Gasteiger charge is -2.22. The van der Waals surface area contributed by atoms with E-state index >= 15 is 0 Å². The van der Waals surface area contributed by atoms with Crippen molar-refractivity contribution in [3.63, 3.8) is 0 Å². The number of nitrogens with zero attached hydrogens (tertiary/aromatic N) is 1. The van der Waals surface area contributed by atoms with Crippen LogP contribution in [0.2, 0.25) is 0 Å². The van der Waals surface area contributed by atoms with E-state index < -0.39 is 12.8 Å². The second-order valence-corrected chi connectivity index (χ2v) is 6.39. The lowest BCUT2D eigenvalue weighted by molar-refractivity contribution is -0.176. The van der Waals surface area contributed by atoms with Gasteiger partial charge in [-0.2, -0.15) is 13.2 Å². The average Bonchev–Trinajstić information content (AvgIpc) is 2.68. The molecule has 0 unspecified atom stereocenters. The van der Waals surface area contributed by atoms with Gasteiger partial charge >= 0.3 is 6.18 Å². The molecule has 6 heteroatoms. The number of ether oxygens (including phenoxy) is 1. The van der Waals surface area contributed by atoms with Gasteiger partial charge in [-0.25, -0.2) is 0 Å². The Morgan fingerprint density at radius 1 is 0.964 bits per heavy atom. The minimum absolute atomic E-state index is 0.157. The number of halogens is 3. The molecule has 1 amide bonds. The first kappa shape index (κ1) is 19.9. The van der Waals surface area contributed by atoms with E-state index in [4.69, 9.17) is 0 Å². The molecule has 0 aliphatic rings. The molecule has 0 atom stereocenters. The second-order valence-electron chi connectivity index (χ2n) is 6.39. The molecule has 3 aromatic rings. The van der Waals surface area contributed by atoms with E-state index in [1.807, 2.05) is 49.4 Å². The number of benzene rings is 3. The van der Waals surface area contributed by atoms with E-state index in [9.17, 15) is 18.0 Å². The van der Waals surface area contributed by atoms with Crippen LogP contribution in [0.1, 0.15) is 22.8 Å². The first-order chi connectivity index (χ1) is 13.4. The van der Waals surface area contributed by atoms with Gasteiger partial charge in [-0.1, -0.05) is 42.5 Å². The summed E-state index contributed by atoms with van der Waals surface area (Å²) in [6, 6.07) is 20.2. The van der Waals surface area contributed by atoms with Crippen molar-refractivity contribution < 1.29 is 22.7 Å². The molecule has 0 saturated heterocycles. The monoisotopic (exact) mass is 387 g/mol. The van der Waals surface area contributed by atoms with Gasteiger partial charge in [-0.15, -0.1) is 0 Å². The van der Waals surface area contributed by atoms with Gasteiger partial charge in [-0.05, 0) is 47.5 Å². The minimum Gasteiger partial charge on any atom is -0.367 e. The van der Waals surface area contributed by atoms with Crippen molar-refractivity contribution in [2.24, 2.45) is 0 Å². The average molecular weight is 387 g/mol. The smallest absolute Gasteiger partial charge is 0.367 e. The lowest BCUT2D eigenvalue weighted by atomic mass is 10.1. The molecule has 3 aromatic carbocycles. The number of carbonyl (C=O) groups excluding carboxylic acids is 1. The van der Waals surface area contributed by atoms with E-state index in [0.717, 1.165) is 16.5 Å². The van der Waals surface area contributed by atoms with E-state index in [1.54, 1.807) is 29.2 Å². The van der Waals surface area contributed by atoms with Gasteiger partial charge in [0.25, 0.3) is 5.91 Å². The summed E-state index contributed by atoms with van der Waals surface area (Å²) in [6.45, 7) is 0.940. The van der Waals surface area contributed by atoms with Crippen molar-refractivity contribution in [3.8, 4) is 0 Å². The van der Waals surface area contributed by atoms with Crippen LogP contribution >= 0.6 is 0 Å². The predicted molar refractivity (Wildman–Crippen MR) is 103 cm³/mol. The third kappa shape index (κ3) is 4.89. The Labute approximate surface area is 161 Å². The van der Waals surface area contributed by atoms with E-state index in [-0.39, 0.29) is 12.5 Å². The highest BCUT2D eigenvalue weighted by Crippen LogP contribution is 2.24. The number of rotatable bonds is 6. The molecule has 0 heterocycles. The van der Waals surface area contributed by atoms with Crippen LogP contribution in [-0.2, 0) is 11.3 Å². The Morgan fingerprint density at radius 2 is 1.64 bits per heavy atom. The highest BCUT2D eigenvalue weighted by molar-refractivity contribution is 6.07. The van der Waals surface area contributed by atoms with Crippen molar-refractivity contribution in [3.05, 3.63) is 77.9 Å². The number of amides is 1. The molecule has 3 rings (SSSR count). The largest absolute Gasteiger partial charge is 0.411 e. The second kappa shape index (κ2) is 8.44. The van der Waals surface area contributed by atoms with Crippen LogP contribution in [-0.4, -0.2) is 25.2 Å². The Morgan fingerprint density at radius 3 is 2.29 bits per heavy atom. The van der Waals surface area contributed by atoms with Crippen LogP contribution in [0.3, 0.4) is 0 Å². The molecule has 0 N–H and O–H groups in total. The molecular formula is C22H20F3NO2. The van der Waals surface area contributed by atoms with Crippen molar-refractivity contribution in [2.75, 3.05) is 18.1 Å². The Hall–Kier alpha value is -2.86. The van der Waals surface area contributed by atoms with Crippen molar-refractivity contribution >= 4 is 22.4 Å². The molecule has 0 aliphatic carbocycles. The van der Waals surface area contributed by atoms with Gasteiger partial charge in [0.1, 0.15) is 6.61 Å². The summed E-state index contributed by atoms with van der Waals surface area (Å²) >= 11 is 0. The molecule has 0 spiro atoms. The quantitative estimate of drug-likeness (QED) is 0.552. The molecule has 0 aromatic heterocycles. The maximum atomic E-state index is 12.9. The molecule has 0 radical (unpaired) electrons. The summed E-state index contributed by atoms with van der Waals surface area (Å²) in [7, 11) is 0. The fourth-order valence-electron chi connectivity index (χ4n) is 2.97. The zero-order chi connectivity index (χ0) is 20.1. The molecular weight excluding hydrogens is 367 g/mol. The zero-order valence-corrected chi connectivity index (χ0v) is 15.4. The van der Waals surface area contributed by atoms with Gasteiger partial charge in [0.15, 0.2) is 0 Å². The van der Waals surface area contributed by atoms with Gasteiger partial charge in [-0.3, -0.25) is 4.79 Å². The van der Waals surface area contributed by atoms with E-state index in [0.29, 0.717) is 17.7 Å². The molecule has 146 valence electrons. The minimum atomic E-state index is -4.35. The number of anilines is 1. The number of hydrogen-bond donors (Lipinski definition) is 0. The van der Waals surface area contributed by atoms with Gasteiger partial charge in [0, 0.05) is 17.8 Å². The Bertz CT molecular complexity index is 952. The zero-order valence-electron chi connectivity index (χ0n) is 15.4. The van der Waals surface area contributed by atoms with Gasteiger partial charge in [0.2, 0.25) is 0 Å². The van der Waals surface area contributed by atoms with Gasteiger partial charge < -0.3 is 9.64 Å². The van der Waals surface area contributed by atoms with Crippen LogP contribution in [0, 0.1) is 0 Å². The van der Waals surface area contributed by atoms with Crippen LogP contribution in [0.25, 0.3) is 10.8 Å². The third-order valence-electron chi connectivity index (χ3n) is 4.34. The Kier molecular flexibility index (Phi) is 5.99. The van der Waals surface area contributed by atoms with Crippen LogP contribution in [0.15, 0.2) is 66.7 Å². The van der Waals surface area contributed by atoms with Crippen molar-refractivity contribution in [1.29, 1.82) is 0 Å². The SMILES string of the molecule is CCN(C(=O)c1ccc(COCC(F)(F)F)cc1)c1ccc2ccccc2c1. The van der Waals surface area contributed by atoms with Crippen LogP contribution in [0.5, 0.6) is 0 Å². The topological polar surface area (TPSA) is 29.5 Å². The number of hydrogen-bond acceptors (Lipinski definition) is 2. The normalized spacial score (nSPS) is 11.6. The van der Waals surface area contributed by atoms with Crippen LogP contribution in [0.4, 0.5) is 18.9 Å². The third-order valence-corrected chi connectivity index (χ3v) is 4.34. The van der Waals surface area contributed by atoms with Crippen molar-refractivity contribution in [1.82, 2.24) is 0 Å². The Balaban J connectivity index is 1.73. The number of alkyl halides is 3. The van der Waals surface area contributed by atoms with Crippen LogP contribution < -0.4 is 4.90 Å². The summed E-state index contributed by atoms with van der Waals surface area (Å²) < 4.78 is 41.1. The summed E-state index contributed by atoms with van der Waals surface area (Å²) in [5, 5.41) is 2.14. The first-order valence-corrected chi connectivity index (χ1v) is 8.91. The molecule has 0 bridgehead atoms. The summed E-state index contributed by atoms with van der Waals surface area (Å²) in [6.07, 6.45) is -4.35. The van der Waals surface area contributed by atoms with E-state index in [1.165, 1.54) is 0 Å². The van der Waals surface area contributed by atoms with Crippen molar-refractivity contribution in [2.45, 2.75) is 19.7 Å². The van der Waals surface area contributed by atoms with Gasteiger partial charge in [0.05, 0.1) is 6.61 Å². The standard InChI is InChI=1S/C22H20F3NO2/c1-2-26(20-12-11-17-5-3-4-6-19(17)13-20)21(27)18-9-7-16(8-10-18)14-28-15-22(23,24)25/h3-13H,2,14-15H2,1H3. The summed E-state index contributed by atoms with van der Waals surface area (Å²) in [5.74, 6) is -0.166. The fraction of sp³-hybridized carbons (Fsp3) is 0.227. The molecule has 0 fully saturated rings. The fourth-order valence-corrected chi connectivity index (χ4v) is 2.97.